The second kappa shape index (κ2) is 13.5. The van der Waals surface area contributed by atoms with Gasteiger partial charge in [0.15, 0.2) is 5.58 Å². The molecule has 0 spiro atoms. The minimum Gasteiger partial charge on any atom is -0.453 e. The van der Waals surface area contributed by atoms with Gasteiger partial charge < -0.3 is 9.32 Å². The maximum Gasteiger partial charge on any atom is 0.159 e. The van der Waals surface area contributed by atoms with Gasteiger partial charge in [0, 0.05) is 38.5 Å². The summed E-state index contributed by atoms with van der Waals surface area (Å²) in [4.78, 5) is 2.40. The Morgan fingerprint density at radius 3 is 1.76 bits per heavy atom. The zero-order chi connectivity index (χ0) is 40.8. The molecule has 0 atom stereocenters. The third kappa shape index (κ3) is 5.39. The number of fused-ring (bicyclic) bond motifs is 8. The minimum atomic E-state index is -0.214. The SMILES string of the molecule is C=C.CC(C)c1ccc(N(c2ccc3c(c2)C(C)(C)c2cc4c(cc2-3)C(C)(C)c2cccc3cccc-4c23)c2cccc3c2oc2c(-c4ccccc4)cccc23)cc1. The summed E-state index contributed by atoms with van der Waals surface area (Å²) in [6.45, 7) is 20.1. The molecule has 59 heavy (non-hydrogen) atoms. The van der Waals surface area contributed by atoms with Crippen molar-refractivity contribution in [1.29, 1.82) is 0 Å². The molecule has 2 nitrogen and oxygen atoms in total. The first-order chi connectivity index (χ1) is 28.6. The van der Waals surface area contributed by atoms with Crippen molar-refractivity contribution in [3.8, 4) is 33.4 Å². The maximum absolute atomic E-state index is 7.02. The van der Waals surface area contributed by atoms with Gasteiger partial charge in [-0.25, -0.2) is 0 Å². The van der Waals surface area contributed by atoms with Gasteiger partial charge in [-0.05, 0) is 115 Å². The van der Waals surface area contributed by atoms with Crippen LogP contribution in [0.4, 0.5) is 17.1 Å². The molecule has 2 aliphatic carbocycles. The van der Waals surface area contributed by atoms with E-state index in [0.717, 1.165) is 50.1 Å². The molecule has 8 aromatic carbocycles. The Balaban J connectivity index is 0.00000207. The largest absolute Gasteiger partial charge is 0.453 e. The first-order valence-corrected chi connectivity index (χ1v) is 20.9. The number of para-hydroxylation sites is 2. The van der Waals surface area contributed by atoms with Crippen LogP contribution in [-0.2, 0) is 10.8 Å². The first-order valence-electron chi connectivity index (χ1n) is 20.9. The van der Waals surface area contributed by atoms with Gasteiger partial charge in [0.2, 0.25) is 0 Å². The average Bonchev–Trinajstić information content (AvgIpc) is 3.76. The predicted molar refractivity (Wildman–Crippen MR) is 252 cm³/mol. The van der Waals surface area contributed by atoms with E-state index in [4.69, 9.17) is 4.42 Å². The Morgan fingerprint density at radius 1 is 0.475 bits per heavy atom. The Hall–Kier alpha value is -6.64. The van der Waals surface area contributed by atoms with Crippen molar-refractivity contribution in [1.82, 2.24) is 0 Å². The van der Waals surface area contributed by atoms with E-state index in [1.807, 2.05) is 0 Å². The fourth-order valence-electron chi connectivity index (χ4n) is 10.1. The Bertz CT molecular complexity index is 3100. The van der Waals surface area contributed by atoms with Gasteiger partial charge in [0.25, 0.3) is 0 Å². The highest BCUT2D eigenvalue weighted by Gasteiger charge is 2.41. The van der Waals surface area contributed by atoms with Gasteiger partial charge in [-0.1, -0.05) is 157 Å². The molecular formula is C57H49NO. The molecule has 2 aliphatic rings. The first kappa shape index (κ1) is 36.7. The summed E-state index contributed by atoms with van der Waals surface area (Å²) in [5.41, 5.74) is 19.2. The zero-order valence-corrected chi connectivity index (χ0v) is 34.9. The topological polar surface area (TPSA) is 16.4 Å². The lowest BCUT2D eigenvalue weighted by molar-refractivity contribution is 0.639. The molecule has 0 saturated heterocycles. The number of furan rings is 1. The van der Waals surface area contributed by atoms with E-state index in [0.29, 0.717) is 5.92 Å². The van der Waals surface area contributed by atoms with E-state index in [9.17, 15) is 0 Å². The second-order valence-electron chi connectivity index (χ2n) is 17.5. The van der Waals surface area contributed by atoms with Gasteiger partial charge in [-0.3, -0.25) is 0 Å². The van der Waals surface area contributed by atoms with Crippen LogP contribution in [0.3, 0.4) is 0 Å². The summed E-state index contributed by atoms with van der Waals surface area (Å²) in [6.07, 6.45) is 0. The van der Waals surface area contributed by atoms with Crippen LogP contribution in [0.2, 0.25) is 0 Å². The summed E-state index contributed by atoms with van der Waals surface area (Å²) in [6, 6.07) is 58.5. The molecule has 0 aliphatic heterocycles. The third-order valence-corrected chi connectivity index (χ3v) is 13.2. The molecule has 2 heteroatoms. The van der Waals surface area contributed by atoms with E-state index < -0.39 is 0 Å². The standard InChI is InChI=1S/C55H45NO.C2H4/c1-33(2)34-24-26-37(27-25-34)56(50-23-13-21-43-42-20-12-18-39(52(42)57-53(43)50)35-14-8-7-9-15-35)38-28-29-40-44-31-49-45(32-48(44)55(5,6)47(40)30-38)41-19-10-16-36-17-11-22-46(51(36)41)54(49,3)4;1-2/h7-33H,1-6H3;1-2H2. The van der Waals surface area contributed by atoms with Crippen molar-refractivity contribution in [3.05, 3.63) is 199 Å². The lowest BCUT2D eigenvalue weighted by Gasteiger charge is -2.36. The number of hydrogen-bond donors (Lipinski definition) is 0. The highest BCUT2D eigenvalue weighted by molar-refractivity contribution is 6.13. The average molecular weight is 764 g/mol. The van der Waals surface area contributed by atoms with Gasteiger partial charge in [0.05, 0.1) is 5.69 Å². The van der Waals surface area contributed by atoms with Crippen molar-refractivity contribution in [2.45, 2.75) is 58.3 Å². The molecule has 0 radical (unpaired) electrons. The van der Waals surface area contributed by atoms with Crippen LogP contribution >= 0.6 is 0 Å². The summed E-state index contributed by atoms with van der Waals surface area (Å²) in [5.74, 6) is 0.442. The quantitative estimate of drug-likeness (QED) is 0.162. The molecule has 1 heterocycles. The second-order valence-corrected chi connectivity index (χ2v) is 17.5. The Labute approximate surface area is 348 Å². The van der Waals surface area contributed by atoms with Crippen molar-refractivity contribution < 1.29 is 4.42 Å². The molecule has 0 unspecified atom stereocenters. The number of benzene rings is 8. The Kier molecular flexibility index (Phi) is 8.37. The molecule has 1 aromatic heterocycles. The summed E-state index contributed by atoms with van der Waals surface area (Å²) in [5, 5.41) is 4.94. The van der Waals surface area contributed by atoms with Crippen LogP contribution in [0.5, 0.6) is 0 Å². The van der Waals surface area contributed by atoms with Gasteiger partial charge >= 0.3 is 0 Å². The molecule has 11 rings (SSSR count). The van der Waals surface area contributed by atoms with Crippen LogP contribution in [-0.4, -0.2) is 0 Å². The predicted octanol–water partition coefficient (Wildman–Crippen LogP) is 16.4. The lowest BCUT2D eigenvalue weighted by atomic mass is 9.67. The normalized spacial score (nSPS) is 14.2. The van der Waals surface area contributed by atoms with Crippen LogP contribution in [0.1, 0.15) is 75.3 Å². The summed E-state index contributed by atoms with van der Waals surface area (Å²) in [7, 11) is 0. The van der Waals surface area contributed by atoms with Crippen LogP contribution in [0, 0.1) is 0 Å². The van der Waals surface area contributed by atoms with E-state index >= 15 is 0 Å². The zero-order valence-electron chi connectivity index (χ0n) is 34.9. The summed E-state index contributed by atoms with van der Waals surface area (Å²) >= 11 is 0. The monoisotopic (exact) mass is 763 g/mol. The van der Waals surface area contributed by atoms with Crippen molar-refractivity contribution in [2.24, 2.45) is 0 Å². The minimum absolute atomic E-state index is 0.129. The Morgan fingerprint density at radius 2 is 1.05 bits per heavy atom. The van der Waals surface area contributed by atoms with Crippen LogP contribution < -0.4 is 4.90 Å². The van der Waals surface area contributed by atoms with Gasteiger partial charge in [0.1, 0.15) is 5.58 Å². The van der Waals surface area contributed by atoms with Crippen molar-refractivity contribution in [3.63, 3.8) is 0 Å². The highest BCUT2D eigenvalue weighted by Crippen LogP contribution is 2.56. The fourth-order valence-corrected chi connectivity index (χ4v) is 10.1. The van der Waals surface area contributed by atoms with E-state index in [1.54, 1.807) is 0 Å². The number of rotatable bonds is 5. The van der Waals surface area contributed by atoms with Crippen LogP contribution in [0.25, 0.3) is 66.1 Å². The number of hydrogen-bond acceptors (Lipinski definition) is 2. The maximum atomic E-state index is 7.02. The van der Waals surface area contributed by atoms with Crippen molar-refractivity contribution >= 4 is 49.8 Å². The van der Waals surface area contributed by atoms with Gasteiger partial charge in [-0.2, -0.15) is 0 Å². The molecule has 288 valence electrons. The third-order valence-electron chi connectivity index (χ3n) is 13.2. The number of anilines is 3. The van der Waals surface area contributed by atoms with E-state index in [2.05, 4.69) is 217 Å². The molecule has 9 aromatic rings. The van der Waals surface area contributed by atoms with Crippen molar-refractivity contribution in [2.75, 3.05) is 4.90 Å². The van der Waals surface area contributed by atoms with Crippen LogP contribution in [0.15, 0.2) is 175 Å². The number of nitrogens with zero attached hydrogens (tertiary/aromatic N) is 1. The van der Waals surface area contributed by atoms with E-state index in [-0.39, 0.29) is 10.8 Å². The summed E-state index contributed by atoms with van der Waals surface area (Å²) < 4.78 is 7.02. The highest BCUT2D eigenvalue weighted by atomic mass is 16.3. The molecule has 0 bridgehead atoms. The van der Waals surface area contributed by atoms with E-state index in [1.165, 1.54) is 60.8 Å². The molecule has 0 N–H and O–H groups in total. The molecule has 0 fully saturated rings. The molecular weight excluding hydrogens is 715 g/mol. The molecule has 0 amide bonds. The molecule has 0 saturated carbocycles. The smallest absolute Gasteiger partial charge is 0.159 e. The fraction of sp³-hybridized carbons (Fsp3) is 0.158. The van der Waals surface area contributed by atoms with Gasteiger partial charge in [-0.15, -0.1) is 13.2 Å². The lowest BCUT2D eigenvalue weighted by Crippen LogP contribution is -2.24.